The third-order valence-electron chi connectivity index (χ3n) is 9.98. The summed E-state index contributed by atoms with van der Waals surface area (Å²) in [5.74, 6) is -3.23. The number of phenolic OH excluding ortho intramolecular Hbond substituents is 4. The zero-order valence-electron chi connectivity index (χ0n) is 28.6. The lowest BCUT2D eigenvalue weighted by Gasteiger charge is -2.47. The zero-order valence-corrected chi connectivity index (χ0v) is 28.6. The molecule has 0 radical (unpaired) electrons. The molecule has 6 aromatic carbocycles. The van der Waals surface area contributed by atoms with Gasteiger partial charge in [0.1, 0.15) is 23.0 Å². The highest BCUT2D eigenvalue weighted by Gasteiger charge is 2.54. The highest BCUT2D eigenvalue weighted by Crippen LogP contribution is 2.56. The van der Waals surface area contributed by atoms with Crippen molar-refractivity contribution in [1.29, 1.82) is 0 Å². The maximum atomic E-state index is 11.5. The molecular formula is C44H42N2O6. The molecule has 0 heterocycles. The molecule has 0 amide bonds. The van der Waals surface area contributed by atoms with E-state index in [1.54, 1.807) is 0 Å². The Morgan fingerprint density at radius 3 is 0.827 bits per heavy atom. The summed E-state index contributed by atoms with van der Waals surface area (Å²) < 4.78 is 0. The molecule has 0 atom stereocenters. The molecule has 8 heteroatoms. The number of hydrogen-bond donors (Lipinski definition) is 6. The van der Waals surface area contributed by atoms with Crippen LogP contribution in [0.5, 0.6) is 23.0 Å². The van der Waals surface area contributed by atoms with E-state index >= 15 is 0 Å². The average molecular weight is 695 g/mol. The van der Waals surface area contributed by atoms with E-state index in [4.69, 9.17) is 0 Å². The number of hydrogen-bond acceptors (Lipinski definition) is 8. The molecule has 1 aliphatic carbocycles. The van der Waals surface area contributed by atoms with Crippen molar-refractivity contribution >= 4 is 11.4 Å². The lowest BCUT2D eigenvalue weighted by molar-refractivity contribution is -0.0810. The van der Waals surface area contributed by atoms with Crippen LogP contribution in [0.2, 0.25) is 0 Å². The average Bonchev–Trinajstić information content (AvgIpc) is 3.15. The standard InChI is InChI=1S/C44H42N2O6/c47-35-21-33(45(25-29-13-5-1-6-14-29)26-30-15-7-2-8-16-30)22-36(48)39(35)41-43(51)42(44(41)52)40-37(49)23-34(24-38(40)50)46(27-31-17-9-3-10-18-31)28-32-19-11-4-12-20-32/h1-24,41-44,47-52H,25-28H2. The fourth-order valence-electron chi connectivity index (χ4n) is 7.35. The van der Waals surface area contributed by atoms with Gasteiger partial charge in [-0.05, 0) is 22.3 Å². The van der Waals surface area contributed by atoms with Crippen molar-refractivity contribution in [2.45, 2.75) is 50.2 Å². The van der Waals surface area contributed by atoms with Crippen LogP contribution in [0.4, 0.5) is 11.4 Å². The van der Waals surface area contributed by atoms with Crippen LogP contribution in [0.3, 0.4) is 0 Å². The van der Waals surface area contributed by atoms with Gasteiger partial charge in [0.2, 0.25) is 0 Å². The molecule has 1 saturated carbocycles. The summed E-state index contributed by atoms with van der Waals surface area (Å²) in [4.78, 5) is 4.06. The summed E-state index contributed by atoms with van der Waals surface area (Å²) in [5.41, 5.74) is 5.32. The van der Waals surface area contributed by atoms with Gasteiger partial charge in [0.05, 0.1) is 12.2 Å². The van der Waals surface area contributed by atoms with Crippen LogP contribution in [-0.4, -0.2) is 42.8 Å². The number of nitrogens with zero attached hydrogens (tertiary/aromatic N) is 2. The Labute approximate surface area is 303 Å². The largest absolute Gasteiger partial charge is 0.507 e. The first kappa shape index (κ1) is 34.5. The van der Waals surface area contributed by atoms with Crippen LogP contribution >= 0.6 is 0 Å². The van der Waals surface area contributed by atoms with Gasteiger partial charge in [-0.3, -0.25) is 0 Å². The summed E-state index contributed by atoms with van der Waals surface area (Å²) in [5, 5.41) is 68.2. The van der Waals surface area contributed by atoms with Gasteiger partial charge in [-0.2, -0.15) is 0 Å². The Hall–Kier alpha value is -5.96. The van der Waals surface area contributed by atoms with Crippen molar-refractivity contribution in [3.63, 3.8) is 0 Å². The minimum Gasteiger partial charge on any atom is -0.507 e. The predicted molar refractivity (Wildman–Crippen MR) is 203 cm³/mol. The Kier molecular flexibility index (Phi) is 10.0. The van der Waals surface area contributed by atoms with E-state index in [0.717, 1.165) is 22.3 Å². The second kappa shape index (κ2) is 15.1. The van der Waals surface area contributed by atoms with Gasteiger partial charge < -0.3 is 40.4 Å². The van der Waals surface area contributed by atoms with Crippen LogP contribution in [0.1, 0.15) is 45.2 Å². The van der Waals surface area contributed by atoms with Crippen molar-refractivity contribution in [2.75, 3.05) is 9.80 Å². The van der Waals surface area contributed by atoms with Gasteiger partial charge >= 0.3 is 0 Å². The van der Waals surface area contributed by atoms with E-state index in [-0.39, 0.29) is 34.1 Å². The van der Waals surface area contributed by atoms with Gasteiger partial charge in [-0.1, -0.05) is 121 Å². The number of aliphatic hydroxyl groups excluding tert-OH is 2. The van der Waals surface area contributed by atoms with Crippen molar-refractivity contribution in [3.05, 3.63) is 179 Å². The first-order chi connectivity index (χ1) is 25.3. The van der Waals surface area contributed by atoms with E-state index in [1.165, 1.54) is 24.3 Å². The molecule has 0 unspecified atom stereocenters. The number of rotatable bonds is 12. The maximum Gasteiger partial charge on any atom is 0.125 e. The summed E-state index contributed by atoms with van der Waals surface area (Å²) in [6.45, 7) is 2.03. The Balaban J connectivity index is 1.15. The number of aromatic hydroxyl groups is 4. The van der Waals surface area contributed by atoms with E-state index in [9.17, 15) is 30.6 Å². The van der Waals surface area contributed by atoms with Crippen LogP contribution in [0.25, 0.3) is 0 Å². The number of phenols is 4. The van der Waals surface area contributed by atoms with Gasteiger partial charge in [0.15, 0.2) is 0 Å². The fourth-order valence-corrected chi connectivity index (χ4v) is 7.35. The Morgan fingerprint density at radius 1 is 0.365 bits per heavy atom. The number of aliphatic hydroxyl groups is 2. The maximum absolute atomic E-state index is 11.5. The molecule has 264 valence electrons. The molecule has 52 heavy (non-hydrogen) atoms. The third-order valence-corrected chi connectivity index (χ3v) is 9.98. The molecule has 6 aromatic rings. The normalized spacial score (nSPS) is 18.0. The Morgan fingerprint density at radius 2 is 0.596 bits per heavy atom. The van der Waals surface area contributed by atoms with Crippen LogP contribution < -0.4 is 9.80 Å². The van der Waals surface area contributed by atoms with E-state index in [1.807, 2.05) is 131 Å². The van der Waals surface area contributed by atoms with Gasteiger partial charge in [-0.15, -0.1) is 0 Å². The third kappa shape index (κ3) is 7.26. The topological polar surface area (TPSA) is 128 Å². The molecule has 1 fully saturated rings. The molecule has 8 nitrogen and oxygen atoms in total. The lowest BCUT2D eigenvalue weighted by atomic mass is 9.62. The second-order valence-electron chi connectivity index (χ2n) is 13.5. The smallest absolute Gasteiger partial charge is 0.125 e. The highest BCUT2D eigenvalue weighted by atomic mass is 16.3. The minimum atomic E-state index is -1.32. The van der Waals surface area contributed by atoms with Crippen molar-refractivity contribution in [1.82, 2.24) is 0 Å². The molecule has 6 N–H and O–H groups in total. The minimum absolute atomic E-state index is 0.00636. The first-order valence-electron chi connectivity index (χ1n) is 17.4. The molecule has 0 aliphatic heterocycles. The SMILES string of the molecule is Oc1cc(N(Cc2ccccc2)Cc2ccccc2)cc(O)c1C1C(O)C(c2c(O)cc(N(Cc3ccccc3)Cc3ccccc3)cc2O)C1O. The summed E-state index contributed by atoms with van der Waals surface area (Å²) in [6.07, 6.45) is -2.65. The molecule has 0 spiro atoms. The van der Waals surface area contributed by atoms with E-state index in [2.05, 4.69) is 0 Å². The quantitative estimate of drug-likeness (QED) is 0.0777. The van der Waals surface area contributed by atoms with E-state index < -0.39 is 24.0 Å². The van der Waals surface area contributed by atoms with Gasteiger partial charge in [-0.25, -0.2) is 0 Å². The lowest BCUT2D eigenvalue weighted by Crippen LogP contribution is -2.51. The van der Waals surface area contributed by atoms with Crippen LogP contribution in [0, 0.1) is 0 Å². The molecule has 7 rings (SSSR count). The summed E-state index contributed by atoms with van der Waals surface area (Å²) >= 11 is 0. The highest BCUT2D eigenvalue weighted by molar-refractivity contribution is 5.65. The molecule has 0 saturated heterocycles. The molecule has 0 aromatic heterocycles. The number of anilines is 2. The second-order valence-corrected chi connectivity index (χ2v) is 13.5. The predicted octanol–water partition coefficient (Wildman–Crippen LogP) is 7.53. The van der Waals surface area contributed by atoms with E-state index in [0.29, 0.717) is 37.6 Å². The van der Waals surface area contributed by atoms with Crippen LogP contribution in [-0.2, 0) is 26.2 Å². The zero-order chi connectivity index (χ0) is 36.2. The monoisotopic (exact) mass is 694 g/mol. The first-order valence-corrected chi connectivity index (χ1v) is 17.4. The molecule has 1 aliphatic rings. The van der Waals surface area contributed by atoms with Gasteiger partial charge in [0.25, 0.3) is 0 Å². The summed E-state index contributed by atoms with van der Waals surface area (Å²) in [7, 11) is 0. The van der Waals surface area contributed by atoms with Crippen molar-refractivity contribution < 1.29 is 30.6 Å². The molecular weight excluding hydrogens is 652 g/mol. The van der Waals surface area contributed by atoms with Gasteiger partial charge in [0, 0.05) is 84.8 Å². The van der Waals surface area contributed by atoms with Crippen molar-refractivity contribution in [3.8, 4) is 23.0 Å². The van der Waals surface area contributed by atoms with Crippen molar-refractivity contribution in [2.24, 2.45) is 0 Å². The summed E-state index contributed by atoms with van der Waals surface area (Å²) in [6, 6.07) is 45.6. The number of benzene rings is 6. The Bertz CT molecular complexity index is 1810. The fraction of sp³-hybridized carbons (Fsp3) is 0.182. The molecule has 0 bridgehead atoms. The van der Waals surface area contributed by atoms with Crippen LogP contribution in [0.15, 0.2) is 146 Å².